The van der Waals surface area contributed by atoms with Crippen molar-refractivity contribution in [2.24, 2.45) is 0 Å². The summed E-state index contributed by atoms with van der Waals surface area (Å²) in [5.74, 6) is -0.861. The first kappa shape index (κ1) is 25.0. The highest BCUT2D eigenvalue weighted by atomic mass is 16.6. The summed E-state index contributed by atoms with van der Waals surface area (Å²) in [5, 5.41) is 40.6. The summed E-state index contributed by atoms with van der Waals surface area (Å²) < 4.78 is 22.8. The summed E-state index contributed by atoms with van der Waals surface area (Å²) in [5.41, 5.74) is -0.0243. The molecule has 11 heteroatoms. The van der Waals surface area contributed by atoms with Gasteiger partial charge in [-0.2, -0.15) is 0 Å². The quantitative estimate of drug-likeness (QED) is 0.280. The minimum Gasteiger partial charge on any atom is -0.493 e. The van der Waals surface area contributed by atoms with E-state index in [1.807, 2.05) is 19.2 Å². The minimum atomic E-state index is -1.89. The van der Waals surface area contributed by atoms with Gasteiger partial charge in [0.05, 0.1) is 24.5 Å². The molecule has 1 saturated heterocycles. The lowest BCUT2D eigenvalue weighted by Crippen LogP contribution is -2.74. The number of rotatable bonds is 8. The molecule has 1 unspecified atom stereocenters. The maximum absolute atomic E-state index is 12.9. The summed E-state index contributed by atoms with van der Waals surface area (Å²) in [6, 6.07) is 3.70. The molecule has 1 aromatic carbocycles. The Morgan fingerprint density at radius 1 is 1.31 bits per heavy atom. The topological polar surface area (TPSA) is 155 Å². The Labute approximate surface area is 207 Å². The fourth-order valence-corrected chi connectivity index (χ4v) is 6.42. The number of piperidine rings is 1. The maximum Gasteiger partial charge on any atom is 0.340 e. The summed E-state index contributed by atoms with van der Waals surface area (Å²) in [6.45, 7) is 2.05. The number of likely N-dealkylation sites (tertiary alicyclic amines) is 1. The van der Waals surface area contributed by atoms with Crippen LogP contribution in [0.15, 0.2) is 24.0 Å². The van der Waals surface area contributed by atoms with Crippen molar-refractivity contribution < 1.29 is 49.0 Å². The second kappa shape index (κ2) is 8.70. The third-order valence-corrected chi connectivity index (χ3v) is 8.16. The first-order valence-corrected chi connectivity index (χ1v) is 12.0. The normalized spacial score (nSPS) is 32.4. The van der Waals surface area contributed by atoms with E-state index in [4.69, 9.17) is 24.1 Å². The number of benzene rings is 1. The van der Waals surface area contributed by atoms with E-state index in [0.29, 0.717) is 24.3 Å². The van der Waals surface area contributed by atoms with E-state index in [2.05, 4.69) is 4.90 Å². The molecular weight excluding hydrogens is 474 g/mol. The van der Waals surface area contributed by atoms with Gasteiger partial charge in [0.2, 0.25) is 0 Å². The van der Waals surface area contributed by atoms with Crippen molar-refractivity contribution in [2.45, 2.75) is 74.3 Å². The number of nitrogens with zero attached hydrogens (tertiary/aromatic N) is 1. The summed E-state index contributed by atoms with van der Waals surface area (Å²) >= 11 is 0. The van der Waals surface area contributed by atoms with Gasteiger partial charge < -0.3 is 44.3 Å². The van der Waals surface area contributed by atoms with Crippen LogP contribution in [0.5, 0.6) is 11.5 Å². The van der Waals surface area contributed by atoms with E-state index in [9.17, 15) is 24.9 Å². The first-order valence-electron chi connectivity index (χ1n) is 12.0. The van der Waals surface area contributed by atoms with Gasteiger partial charge >= 0.3 is 11.9 Å². The number of aliphatic hydroxyl groups is 3. The fraction of sp³-hybridized carbons (Fsp3) is 0.600. The third kappa shape index (κ3) is 3.45. The number of hydrogen-bond acceptors (Lipinski definition) is 10. The summed E-state index contributed by atoms with van der Waals surface area (Å²) in [6.07, 6.45) is -3.30. The Morgan fingerprint density at radius 3 is 2.75 bits per heavy atom. The second-order valence-corrected chi connectivity index (χ2v) is 10.0. The molecule has 4 N–H and O–H groups in total. The van der Waals surface area contributed by atoms with E-state index in [0.717, 1.165) is 17.7 Å². The molecule has 2 bridgehead atoms. The zero-order chi connectivity index (χ0) is 26.0. The molecule has 4 aliphatic rings. The molecule has 11 nitrogen and oxygen atoms in total. The van der Waals surface area contributed by atoms with Crippen LogP contribution in [0.4, 0.5) is 0 Å². The Balaban J connectivity index is 1.44. The fourth-order valence-electron chi connectivity index (χ4n) is 6.42. The van der Waals surface area contributed by atoms with E-state index < -0.39 is 54.0 Å². The van der Waals surface area contributed by atoms with Gasteiger partial charge in [0, 0.05) is 18.0 Å². The lowest BCUT2D eigenvalue weighted by Gasteiger charge is -2.61. The minimum absolute atomic E-state index is 0.147. The number of carbonyl (C=O) groups is 2. The van der Waals surface area contributed by atoms with Crippen LogP contribution in [0, 0.1) is 0 Å². The van der Waals surface area contributed by atoms with Gasteiger partial charge in [-0.3, -0.25) is 4.79 Å². The van der Waals surface area contributed by atoms with Gasteiger partial charge in [-0.1, -0.05) is 6.07 Å². The van der Waals surface area contributed by atoms with Gasteiger partial charge in [-0.05, 0) is 51.1 Å². The molecule has 1 spiro atoms. The predicted molar refractivity (Wildman–Crippen MR) is 122 cm³/mol. The van der Waals surface area contributed by atoms with Gasteiger partial charge in [-0.15, -0.1) is 0 Å². The van der Waals surface area contributed by atoms with Crippen molar-refractivity contribution in [1.82, 2.24) is 4.90 Å². The molecule has 196 valence electrons. The average molecular weight is 506 g/mol. The number of aliphatic hydroxyl groups excluding tert-OH is 2. The van der Waals surface area contributed by atoms with Crippen LogP contribution in [0.25, 0.3) is 0 Å². The number of esters is 1. The van der Waals surface area contributed by atoms with Crippen molar-refractivity contribution in [3.63, 3.8) is 0 Å². The largest absolute Gasteiger partial charge is 0.493 e. The molecule has 2 heterocycles. The van der Waals surface area contributed by atoms with E-state index in [1.54, 1.807) is 13.2 Å². The molecule has 36 heavy (non-hydrogen) atoms. The monoisotopic (exact) mass is 505 g/mol. The van der Waals surface area contributed by atoms with Crippen molar-refractivity contribution in [2.75, 3.05) is 20.7 Å². The van der Waals surface area contributed by atoms with Gasteiger partial charge in [-0.25, -0.2) is 4.79 Å². The van der Waals surface area contributed by atoms with E-state index >= 15 is 0 Å². The number of likely N-dealkylation sites (N-methyl/N-ethyl adjacent to an activating group) is 1. The summed E-state index contributed by atoms with van der Waals surface area (Å²) in [7, 11) is 3.55. The Bertz CT molecular complexity index is 1120. The lowest BCUT2D eigenvalue weighted by atomic mass is 9.50. The van der Waals surface area contributed by atoms with Crippen molar-refractivity contribution in [3.8, 4) is 11.5 Å². The molecule has 2 aliphatic heterocycles. The number of carboxylic acids is 1. The molecule has 5 rings (SSSR count). The van der Waals surface area contributed by atoms with Crippen molar-refractivity contribution in [1.29, 1.82) is 0 Å². The van der Waals surface area contributed by atoms with E-state index in [-0.39, 0.29) is 18.2 Å². The van der Waals surface area contributed by atoms with Crippen LogP contribution in [0.1, 0.15) is 37.3 Å². The number of carboxylic acid groups (broad SMARTS) is 1. The van der Waals surface area contributed by atoms with Crippen LogP contribution in [-0.2, 0) is 30.9 Å². The third-order valence-electron chi connectivity index (χ3n) is 8.16. The smallest absolute Gasteiger partial charge is 0.340 e. The Morgan fingerprint density at radius 2 is 2.06 bits per heavy atom. The standard InChI is InChI=1S/C25H31NO10/c1-12(34-23(31)14(27)11-18(28)29)22(30)35-16-6-7-25(32)17-10-13-4-5-15(33-3)20-19(13)24(25,21(16)36-20)8-9-26(17)2/h4-6,12,14,17,21,23,27,31-32H,7-11H2,1-3H3,(H,28,29)/t12-,14-,17+,21-,23?,24-,25+/m0/s1. The highest BCUT2D eigenvalue weighted by molar-refractivity contribution is 5.76. The average Bonchev–Trinajstić information content (AvgIpc) is 3.18. The molecule has 1 fully saturated rings. The molecule has 1 aromatic rings. The highest BCUT2D eigenvalue weighted by Crippen LogP contribution is 2.65. The van der Waals surface area contributed by atoms with Crippen LogP contribution in [-0.4, -0.2) is 94.2 Å². The van der Waals surface area contributed by atoms with Crippen LogP contribution < -0.4 is 9.47 Å². The number of methoxy groups -OCH3 is 1. The molecule has 2 aliphatic carbocycles. The van der Waals surface area contributed by atoms with Gasteiger partial charge in [0.1, 0.15) is 11.9 Å². The molecule has 0 amide bonds. The van der Waals surface area contributed by atoms with Crippen LogP contribution >= 0.6 is 0 Å². The molecular formula is C25H31NO10. The number of carbonyl (C=O) groups excluding carboxylic acids is 1. The SMILES string of the molecule is COc1ccc2c3c1O[C@H]1C(OC(=O)[C@H](C)OC(O)[C@@H](O)CC(=O)O)=CC[C@@]4(O)[C@@H](C2)N(C)CC[C@]314. The zero-order valence-electron chi connectivity index (χ0n) is 20.3. The lowest BCUT2D eigenvalue weighted by molar-refractivity contribution is -0.203. The highest BCUT2D eigenvalue weighted by Gasteiger charge is 2.72. The second-order valence-electron chi connectivity index (χ2n) is 10.0. The molecule has 0 saturated carbocycles. The van der Waals surface area contributed by atoms with Crippen LogP contribution in [0.2, 0.25) is 0 Å². The van der Waals surface area contributed by atoms with Crippen molar-refractivity contribution >= 4 is 11.9 Å². The first-order chi connectivity index (χ1) is 17.0. The van der Waals surface area contributed by atoms with E-state index in [1.165, 1.54) is 6.92 Å². The van der Waals surface area contributed by atoms with Crippen LogP contribution in [0.3, 0.4) is 0 Å². The maximum atomic E-state index is 12.9. The molecule has 0 aromatic heterocycles. The zero-order valence-corrected chi connectivity index (χ0v) is 20.3. The number of aliphatic carboxylic acids is 1. The Kier molecular flexibility index (Phi) is 6.04. The Hall–Kier alpha value is -2.70. The molecule has 7 atom stereocenters. The summed E-state index contributed by atoms with van der Waals surface area (Å²) in [4.78, 5) is 25.8. The number of ether oxygens (including phenoxy) is 4. The van der Waals surface area contributed by atoms with Gasteiger partial charge in [0.15, 0.2) is 30.0 Å². The van der Waals surface area contributed by atoms with Gasteiger partial charge in [0.25, 0.3) is 0 Å². The predicted octanol–water partition coefficient (Wildman–Crippen LogP) is 0.0752. The van der Waals surface area contributed by atoms with Crippen molar-refractivity contribution in [3.05, 3.63) is 35.1 Å². The number of hydrogen-bond donors (Lipinski definition) is 4. The molecule has 0 radical (unpaired) electrons.